The van der Waals surface area contributed by atoms with E-state index in [0.717, 1.165) is 11.1 Å². The van der Waals surface area contributed by atoms with E-state index in [-0.39, 0.29) is 24.5 Å². The molecule has 3 aromatic carbocycles. The van der Waals surface area contributed by atoms with Crippen molar-refractivity contribution < 1.29 is 19.1 Å². The Balaban J connectivity index is 1.59. The third-order valence-electron chi connectivity index (χ3n) is 4.60. The minimum Gasteiger partial charge on any atom is -0.452 e. The summed E-state index contributed by atoms with van der Waals surface area (Å²) in [5, 5.41) is 5.58. The fourth-order valence-corrected chi connectivity index (χ4v) is 3.13. The molecular formula is C25H24N2O4. The Morgan fingerprint density at radius 2 is 1.45 bits per heavy atom. The Morgan fingerprint density at radius 1 is 0.839 bits per heavy atom. The lowest BCUT2D eigenvalue weighted by molar-refractivity contribution is -0.125. The Labute approximate surface area is 181 Å². The summed E-state index contributed by atoms with van der Waals surface area (Å²) >= 11 is 0. The van der Waals surface area contributed by atoms with E-state index in [0.29, 0.717) is 17.7 Å². The van der Waals surface area contributed by atoms with Gasteiger partial charge in [-0.3, -0.25) is 9.59 Å². The molecule has 158 valence electrons. The van der Waals surface area contributed by atoms with Crippen LogP contribution in [0.3, 0.4) is 0 Å². The van der Waals surface area contributed by atoms with Gasteiger partial charge in [-0.05, 0) is 41.8 Å². The molecule has 0 bridgehead atoms. The zero-order valence-electron chi connectivity index (χ0n) is 17.2. The van der Waals surface area contributed by atoms with Gasteiger partial charge < -0.3 is 15.4 Å². The summed E-state index contributed by atoms with van der Waals surface area (Å²) in [6, 6.07) is 25.6. The van der Waals surface area contributed by atoms with Crippen LogP contribution in [0.1, 0.15) is 34.5 Å². The Morgan fingerprint density at radius 3 is 2.06 bits per heavy atom. The average molecular weight is 416 g/mol. The van der Waals surface area contributed by atoms with Gasteiger partial charge in [0.1, 0.15) is 0 Å². The van der Waals surface area contributed by atoms with Crippen LogP contribution in [0.25, 0.3) is 0 Å². The molecule has 0 saturated heterocycles. The van der Waals surface area contributed by atoms with Crippen molar-refractivity contribution in [3.05, 3.63) is 102 Å². The van der Waals surface area contributed by atoms with Gasteiger partial charge in [-0.25, -0.2) is 4.79 Å². The van der Waals surface area contributed by atoms with Crippen molar-refractivity contribution in [1.29, 1.82) is 0 Å². The van der Waals surface area contributed by atoms with Crippen LogP contribution in [0.4, 0.5) is 5.69 Å². The quantitative estimate of drug-likeness (QED) is 0.546. The number of ether oxygens (including phenoxy) is 1. The molecule has 3 aromatic rings. The van der Waals surface area contributed by atoms with Gasteiger partial charge in [0.15, 0.2) is 6.61 Å². The number of hydrogen-bond donors (Lipinski definition) is 2. The van der Waals surface area contributed by atoms with Crippen molar-refractivity contribution in [2.75, 3.05) is 11.9 Å². The molecule has 3 rings (SSSR count). The molecule has 0 aromatic heterocycles. The number of carbonyl (C=O) groups is 3. The van der Waals surface area contributed by atoms with E-state index >= 15 is 0 Å². The molecule has 0 aliphatic rings. The Bertz CT molecular complexity index is 1020. The molecule has 1 atom stereocenters. The zero-order chi connectivity index (χ0) is 22.1. The molecule has 2 amide bonds. The number of nitrogens with one attached hydrogen (secondary N) is 2. The topological polar surface area (TPSA) is 84.5 Å². The normalized spacial score (nSPS) is 11.3. The summed E-state index contributed by atoms with van der Waals surface area (Å²) in [5.74, 6) is -1.19. The number of benzene rings is 3. The predicted octanol–water partition coefficient (Wildman–Crippen LogP) is 3.90. The number of anilines is 1. The van der Waals surface area contributed by atoms with E-state index in [9.17, 15) is 14.4 Å². The van der Waals surface area contributed by atoms with Crippen LogP contribution < -0.4 is 10.6 Å². The van der Waals surface area contributed by atoms with Crippen LogP contribution in [-0.2, 0) is 20.7 Å². The van der Waals surface area contributed by atoms with Gasteiger partial charge in [-0.2, -0.15) is 0 Å². The minimum atomic E-state index is -0.608. The second-order valence-electron chi connectivity index (χ2n) is 7.06. The van der Waals surface area contributed by atoms with Crippen LogP contribution in [0.2, 0.25) is 0 Å². The first kappa shape index (κ1) is 21.8. The molecular weight excluding hydrogens is 392 g/mol. The van der Waals surface area contributed by atoms with Gasteiger partial charge in [-0.1, -0.05) is 60.7 Å². The summed E-state index contributed by atoms with van der Waals surface area (Å²) in [6.45, 7) is 1.02. The summed E-state index contributed by atoms with van der Waals surface area (Å²) in [5.41, 5.74) is 2.94. The molecule has 0 heterocycles. The predicted molar refractivity (Wildman–Crippen MR) is 118 cm³/mol. The second-order valence-corrected chi connectivity index (χ2v) is 7.06. The summed E-state index contributed by atoms with van der Waals surface area (Å²) in [6.07, 6.45) is 0.620. The minimum absolute atomic E-state index is 0.199. The number of carbonyl (C=O) groups excluding carboxylic acids is 3. The fraction of sp³-hybridized carbons (Fsp3) is 0.160. The maximum absolute atomic E-state index is 12.5. The highest BCUT2D eigenvalue weighted by molar-refractivity contribution is 5.93. The molecule has 6 heteroatoms. The second kappa shape index (κ2) is 10.7. The lowest BCUT2D eigenvalue weighted by Gasteiger charge is -2.19. The molecule has 6 nitrogen and oxygen atoms in total. The summed E-state index contributed by atoms with van der Waals surface area (Å²) in [7, 11) is 0. The zero-order valence-corrected chi connectivity index (χ0v) is 17.2. The SMILES string of the molecule is CC(=O)Nc1ccc(C(=O)OCC(=O)N[C@H](Cc2ccccc2)c2ccccc2)cc1. The van der Waals surface area contributed by atoms with Crippen molar-refractivity contribution in [3.8, 4) is 0 Å². The summed E-state index contributed by atoms with van der Waals surface area (Å²) < 4.78 is 5.16. The third-order valence-corrected chi connectivity index (χ3v) is 4.60. The maximum Gasteiger partial charge on any atom is 0.338 e. The van der Waals surface area contributed by atoms with Crippen LogP contribution in [0.15, 0.2) is 84.9 Å². The molecule has 0 aliphatic carbocycles. The van der Waals surface area contributed by atoms with Gasteiger partial charge in [0.25, 0.3) is 5.91 Å². The number of hydrogen-bond acceptors (Lipinski definition) is 4. The van der Waals surface area contributed by atoms with Crippen molar-refractivity contribution in [2.45, 2.75) is 19.4 Å². The average Bonchev–Trinajstić information content (AvgIpc) is 2.78. The van der Waals surface area contributed by atoms with Crippen LogP contribution in [0, 0.1) is 0 Å². The van der Waals surface area contributed by atoms with E-state index in [1.54, 1.807) is 12.1 Å². The van der Waals surface area contributed by atoms with Gasteiger partial charge in [0.05, 0.1) is 11.6 Å². The highest BCUT2D eigenvalue weighted by atomic mass is 16.5. The Kier molecular flexibility index (Phi) is 7.54. The van der Waals surface area contributed by atoms with Crippen molar-refractivity contribution in [1.82, 2.24) is 5.32 Å². The smallest absolute Gasteiger partial charge is 0.338 e. The van der Waals surface area contributed by atoms with Crippen LogP contribution in [-0.4, -0.2) is 24.4 Å². The van der Waals surface area contributed by atoms with E-state index in [1.165, 1.54) is 19.1 Å². The van der Waals surface area contributed by atoms with Gasteiger partial charge >= 0.3 is 5.97 Å². The first-order valence-electron chi connectivity index (χ1n) is 9.94. The standard InChI is InChI=1S/C25H24N2O4/c1-18(28)26-22-14-12-21(13-15-22)25(30)31-17-24(29)27-23(20-10-6-3-7-11-20)16-19-8-4-2-5-9-19/h2-15,23H,16-17H2,1H3,(H,26,28)(H,27,29)/t23-/m1/s1. The molecule has 0 aliphatic heterocycles. The molecule has 0 spiro atoms. The molecule has 2 N–H and O–H groups in total. The van der Waals surface area contributed by atoms with Crippen molar-refractivity contribution >= 4 is 23.5 Å². The molecule has 31 heavy (non-hydrogen) atoms. The monoisotopic (exact) mass is 416 g/mol. The fourth-order valence-electron chi connectivity index (χ4n) is 3.13. The third kappa shape index (κ3) is 6.82. The van der Waals surface area contributed by atoms with Gasteiger partial charge in [0, 0.05) is 12.6 Å². The van der Waals surface area contributed by atoms with Gasteiger partial charge in [0.2, 0.25) is 5.91 Å². The van der Waals surface area contributed by atoms with Crippen LogP contribution in [0.5, 0.6) is 0 Å². The molecule has 0 radical (unpaired) electrons. The van der Waals surface area contributed by atoms with Gasteiger partial charge in [-0.15, -0.1) is 0 Å². The maximum atomic E-state index is 12.5. The molecule has 0 fully saturated rings. The number of amides is 2. The highest BCUT2D eigenvalue weighted by Gasteiger charge is 2.17. The van der Waals surface area contributed by atoms with Crippen molar-refractivity contribution in [3.63, 3.8) is 0 Å². The van der Waals surface area contributed by atoms with Crippen molar-refractivity contribution in [2.24, 2.45) is 0 Å². The largest absolute Gasteiger partial charge is 0.452 e. The van der Waals surface area contributed by atoms with E-state index in [2.05, 4.69) is 10.6 Å². The highest BCUT2D eigenvalue weighted by Crippen LogP contribution is 2.18. The summed E-state index contributed by atoms with van der Waals surface area (Å²) in [4.78, 5) is 35.8. The van der Waals surface area contributed by atoms with Crippen LogP contribution >= 0.6 is 0 Å². The van der Waals surface area contributed by atoms with E-state index in [1.807, 2.05) is 60.7 Å². The number of rotatable bonds is 8. The molecule has 0 saturated carbocycles. The lowest BCUT2D eigenvalue weighted by atomic mass is 9.99. The molecule has 0 unspecified atom stereocenters. The van der Waals surface area contributed by atoms with E-state index in [4.69, 9.17) is 4.74 Å². The first-order valence-corrected chi connectivity index (χ1v) is 9.94. The van der Waals surface area contributed by atoms with E-state index < -0.39 is 5.97 Å². The number of esters is 1. The first-order chi connectivity index (χ1) is 15.0. The Hall–Kier alpha value is -3.93. The lowest BCUT2D eigenvalue weighted by Crippen LogP contribution is -2.33.